The third kappa shape index (κ3) is 5.89. The summed E-state index contributed by atoms with van der Waals surface area (Å²) in [5.74, 6) is 0.614. The Kier molecular flexibility index (Phi) is 8.15. The van der Waals surface area contributed by atoms with E-state index in [4.69, 9.17) is 16.3 Å². The highest BCUT2D eigenvalue weighted by Crippen LogP contribution is 2.26. The van der Waals surface area contributed by atoms with E-state index in [1.54, 1.807) is 36.4 Å². The van der Waals surface area contributed by atoms with Crippen molar-refractivity contribution in [3.05, 3.63) is 53.6 Å². The van der Waals surface area contributed by atoms with E-state index >= 15 is 0 Å². The fourth-order valence-electron chi connectivity index (χ4n) is 3.26. The number of nitrogens with one attached hydrogen (secondary N) is 1. The first-order valence-electron chi connectivity index (χ1n) is 9.78. The molecule has 2 aromatic rings. The Morgan fingerprint density at radius 2 is 1.53 bits per heavy atom. The Hall–Kier alpha value is -2.25. The SMILES string of the molecule is COc1ccc(S(=O)(=O)N(CC(=O)NC(C(C)C)C(C)C)c2ccc(Cl)cc2)cc1. The van der Waals surface area contributed by atoms with Gasteiger partial charge in [0.05, 0.1) is 17.7 Å². The number of methoxy groups -OCH3 is 1. The smallest absolute Gasteiger partial charge is 0.264 e. The maximum absolute atomic E-state index is 13.4. The molecule has 6 nitrogen and oxygen atoms in total. The summed E-state index contributed by atoms with van der Waals surface area (Å²) in [5.41, 5.74) is 0.357. The van der Waals surface area contributed by atoms with Crippen molar-refractivity contribution in [1.29, 1.82) is 0 Å². The summed E-state index contributed by atoms with van der Waals surface area (Å²) in [6, 6.07) is 12.3. The highest BCUT2D eigenvalue weighted by molar-refractivity contribution is 7.92. The van der Waals surface area contributed by atoms with Crippen LogP contribution in [0.4, 0.5) is 5.69 Å². The van der Waals surface area contributed by atoms with Gasteiger partial charge in [0.25, 0.3) is 10.0 Å². The number of ether oxygens (including phenoxy) is 1. The van der Waals surface area contributed by atoms with E-state index in [2.05, 4.69) is 5.32 Å². The van der Waals surface area contributed by atoms with Crippen molar-refractivity contribution >= 4 is 33.2 Å². The molecular formula is C22H29ClN2O4S. The van der Waals surface area contributed by atoms with Crippen molar-refractivity contribution < 1.29 is 17.9 Å². The first-order chi connectivity index (χ1) is 14.1. The number of hydrogen-bond donors (Lipinski definition) is 1. The molecule has 0 fully saturated rings. The Bertz CT molecular complexity index is 934. The van der Waals surface area contributed by atoms with Crippen LogP contribution in [0.2, 0.25) is 5.02 Å². The molecule has 0 aliphatic heterocycles. The Labute approximate surface area is 184 Å². The number of rotatable bonds is 9. The summed E-state index contributed by atoms with van der Waals surface area (Å²) in [6.07, 6.45) is 0. The minimum atomic E-state index is -3.99. The zero-order valence-corrected chi connectivity index (χ0v) is 19.5. The van der Waals surface area contributed by atoms with Crippen LogP contribution in [0.25, 0.3) is 0 Å². The number of anilines is 1. The molecule has 0 aliphatic rings. The van der Waals surface area contributed by atoms with Crippen molar-refractivity contribution in [2.75, 3.05) is 18.0 Å². The van der Waals surface area contributed by atoms with E-state index in [1.807, 2.05) is 27.7 Å². The molecule has 0 saturated heterocycles. The third-order valence-corrected chi connectivity index (χ3v) is 6.85. The molecule has 0 atom stereocenters. The summed E-state index contributed by atoms with van der Waals surface area (Å²) in [7, 11) is -2.48. The molecule has 0 aromatic heterocycles. The lowest BCUT2D eigenvalue weighted by Gasteiger charge is -2.29. The van der Waals surface area contributed by atoms with E-state index in [0.29, 0.717) is 16.5 Å². The molecule has 30 heavy (non-hydrogen) atoms. The van der Waals surface area contributed by atoms with Crippen molar-refractivity contribution in [2.24, 2.45) is 11.8 Å². The van der Waals surface area contributed by atoms with Crippen molar-refractivity contribution in [1.82, 2.24) is 5.32 Å². The van der Waals surface area contributed by atoms with Crippen LogP contribution in [0.3, 0.4) is 0 Å². The zero-order valence-electron chi connectivity index (χ0n) is 17.9. The van der Waals surface area contributed by atoms with Crippen LogP contribution in [0, 0.1) is 11.8 Å². The molecule has 0 heterocycles. The summed E-state index contributed by atoms with van der Waals surface area (Å²) < 4.78 is 33.0. The number of halogens is 1. The molecule has 2 rings (SSSR count). The Morgan fingerprint density at radius 3 is 2.00 bits per heavy atom. The molecular weight excluding hydrogens is 424 g/mol. The lowest BCUT2D eigenvalue weighted by Crippen LogP contribution is -2.47. The maximum Gasteiger partial charge on any atom is 0.264 e. The minimum Gasteiger partial charge on any atom is -0.497 e. The van der Waals surface area contributed by atoms with Gasteiger partial charge in [-0.3, -0.25) is 9.10 Å². The largest absolute Gasteiger partial charge is 0.497 e. The van der Waals surface area contributed by atoms with Crippen LogP contribution in [0.15, 0.2) is 53.4 Å². The predicted molar refractivity (Wildman–Crippen MR) is 121 cm³/mol. The highest BCUT2D eigenvalue weighted by atomic mass is 35.5. The summed E-state index contributed by atoms with van der Waals surface area (Å²) in [4.78, 5) is 12.9. The molecule has 0 saturated carbocycles. The Morgan fingerprint density at radius 1 is 1.00 bits per heavy atom. The number of benzene rings is 2. The predicted octanol–water partition coefficient (Wildman–Crippen LogP) is 4.34. The van der Waals surface area contributed by atoms with Crippen LogP contribution in [0.5, 0.6) is 5.75 Å². The lowest BCUT2D eigenvalue weighted by atomic mass is 9.93. The summed E-state index contributed by atoms with van der Waals surface area (Å²) in [6.45, 7) is 7.75. The highest BCUT2D eigenvalue weighted by Gasteiger charge is 2.29. The minimum absolute atomic E-state index is 0.0618. The standard InChI is InChI=1S/C22H29ClN2O4S/c1-15(2)22(16(3)4)24-21(26)14-25(18-8-6-17(23)7-9-18)30(27,28)20-12-10-19(29-5)11-13-20/h6-13,15-16,22H,14H2,1-5H3,(H,24,26). The zero-order chi connectivity index (χ0) is 22.5. The van der Waals surface area contributed by atoms with Crippen LogP contribution >= 0.6 is 11.6 Å². The van der Waals surface area contributed by atoms with Gasteiger partial charge in [-0.15, -0.1) is 0 Å². The van der Waals surface area contributed by atoms with Gasteiger partial charge in [-0.2, -0.15) is 0 Å². The van der Waals surface area contributed by atoms with Crippen molar-refractivity contribution in [3.63, 3.8) is 0 Å². The van der Waals surface area contributed by atoms with Crippen LogP contribution in [-0.4, -0.2) is 34.0 Å². The van der Waals surface area contributed by atoms with Gasteiger partial charge in [0, 0.05) is 11.1 Å². The van der Waals surface area contributed by atoms with Gasteiger partial charge in [-0.25, -0.2) is 8.42 Å². The lowest BCUT2D eigenvalue weighted by molar-refractivity contribution is -0.121. The van der Waals surface area contributed by atoms with Gasteiger partial charge in [-0.05, 0) is 60.4 Å². The number of nitrogens with zero attached hydrogens (tertiary/aromatic N) is 1. The fraction of sp³-hybridized carbons (Fsp3) is 0.409. The molecule has 0 radical (unpaired) electrons. The molecule has 1 N–H and O–H groups in total. The number of sulfonamides is 1. The number of carbonyl (C=O) groups excluding carboxylic acids is 1. The molecule has 1 amide bonds. The van der Waals surface area contributed by atoms with Crippen LogP contribution in [-0.2, 0) is 14.8 Å². The van der Waals surface area contributed by atoms with Gasteiger partial charge in [0.15, 0.2) is 0 Å². The van der Waals surface area contributed by atoms with Crippen LogP contribution < -0.4 is 14.4 Å². The third-order valence-electron chi connectivity index (χ3n) is 4.81. The first-order valence-corrected chi connectivity index (χ1v) is 11.6. The normalized spacial score (nSPS) is 11.8. The van der Waals surface area contributed by atoms with Gasteiger partial charge in [0.2, 0.25) is 5.91 Å². The van der Waals surface area contributed by atoms with Gasteiger partial charge < -0.3 is 10.1 Å². The van der Waals surface area contributed by atoms with Crippen molar-refractivity contribution in [3.8, 4) is 5.75 Å². The molecule has 2 aromatic carbocycles. The molecule has 0 spiro atoms. The Balaban J connectivity index is 2.39. The van der Waals surface area contributed by atoms with Gasteiger partial charge in [-0.1, -0.05) is 39.3 Å². The number of carbonyl (C=O) groups is 1. The number of hydrogen-bond acceptors (Lipinski definition) is 4. The molecule has 0 unspecified atom stereocenters. The van der Waals surface area contributed by atoms with E-state index < -0.39 is 10.0 Å². The molecule has 8 heteroatoms. The van der Waals surface area contributed by atoms with E-state index in [1.165, 1.54) is 19.2 Å². The summed E-state index contributed by atoms with van der Waals surface area (Å²) in [5, 5.41) is 3.45. The van der Waals surface area contributed by atoms with Crippen LogP contribution in [0.1, 0.15) is 27.7 Å². The molecule has 164 valence electrons. The molecule has 0 bridgehead atoms. The second kappa shape index (κ2) is 10.2. The maximum atomic E-state index is 13.4. The monoisotopic (exact) mass is 452 g/mol. The topological polar surface area (TPSA) is 75.7 Å². The first kappa shape index (κ1) is 24.0. The average Bonchev–Trinajstić information content (AvgIpc) is 2.70. The van der Waals surface area contributed by atoms with E-state index in [-0.39, 0.29) is 35.2 Å². The second-order valence-electron chi connectivity index (χ2n) is 7.74. The molecule has 0 aliphatic carbocycles. The number of amides is 1. The van der Waals surface area contributed by atoms with E-state index in [9.17, 15) is 13.2 Å². The second-order valence-corrected chi connectivity index (χ2v) is 10.0. The quantitative estimate of drug-likeness (QED) is 0.614. The van der Waals surface area contributed by atoms with Gasteiger partial charge >= 0.3 is 0 Å². The average molecular weight is 453 g/mol. The van der Waals surface area contributed by atoms with Crippen molar-refractivity contribution in [2.45, 2.75) is 38.6 Å². The fourth-order valence-corrected chi connectivity index (χ4v) is 4.81. The van der Waals surface area contributed by atoms with Gasteiger partial charge in [0.1, 0.15) is 12.3 Å². The summed E-state index contributed by atoms with van der Waals surface area (Å²) >= 11 is 5.96. The van der Waals surface area contributed by atoms with E-state index in [0.717, 1.165) is 4.31 Å².